The number of aliphatic hydroxyl groups is 1. The Morgan fingerprint density at radius 1 is 1.20 bits per heavy atom. The van der Waals surface area contributed by atoms with Gasteiger partial charge in [-0.05, 0) is 42.4 Å². The van der Waals surface area contributed by atoms with E-state index in [4.69, 9.17) is 11.6 Å². The summed E-state index contributed by atoms with van der Waals surface area (Å²) in [6.45, 7) is 4.04. The van der Waals surface area contributed by atoms with Crippen molar-refractivity contribution in [3.05, 3.63) is 34.9 Å². The molecule has 0 bridgehead atoms. The van der Waals surface area contributed by atoms with Crippen LogP contribution in [0.25, 0.3) is 0 Å². The number of amides is 2. The highest BCUT2D eigenvalue weighted by Crippen LogP contribution is 2.40. The normalized spacial score (nSPS) is 22.9. The van der Waals surface area contributed by atoms with Gasteiger partial charge < -0.3 is 14.9 Å². The molecule has 2 saturated heterocycles. The first-order chi connectivity index (χ1) is 11.9. The van der Waals surface area contributed by atoms with Crippen LogP contribution in [0.2, 0.25) is 5.02 Å². The molecule has 25 heavy (non-hydrogen) atoms. The monoisotopic (exact) mass is 364 g/mol. The van der Waals surface area contributed by atoms with Crippen molar-refractivity contribution >= 4 is 23.4 Å². The lowest BCUT2D eigenvalue weighted by molar-refractivity contribution is -0.141. The molecule has 1 unspecified atom stereocenters. The summed E-state index contributed by atoms with van der Waals surface area (Å²) in [4.78, 5) is 27.9. The van der Waals surface area contributed by atoms with Gasteiger partial charge in [0.2, 0.25) is 11.8 Å². The van der Waals surface area contributed by atoms with Gasteiger partial charge in [-0.25, -0.2) is 0 Å². The van der Waals surface area contributed by atoms with Crippen LogP contribution in [0, 0.1) is 5.41 Å². The molecule has 136 valence electrons. The SMILES string of the molecule is CC(=O)N1CC(O)CC2(CCN(C(=O)Cc3ccc(Cl)cc3)CC2)C1. The maximum atomic E-state index is 12.5. The highest BCUT2D eigenvalue weighted by atomic mass is 35.5. The van der Waals surface area contributed by atoms with Crippen LogP contribution in [0.1, 0.15) is 31.7 Å². The van der Waals surface area contributed by atoms with Gasteiger partial charge in [0.05, 0.1) is 12.5 Å². The van der Waals surface area contributed by atoms with Crippen molar-refractivity contribution in [1.29, 1.82) is 0 Å². The van der Waals surface area contributed by atoms with Crippen molar-refractivity contribution in [2.45, 2.75) is 38.7 Å². The summed E-state index contributed by atoms with van der Waals surface area (Å²) in [5, 5.41) is 10.8. The predicted octanol–water partition coefficient (Wildman–Crippen LogP) is 2.10. The van der Waals surface area contributed by atoms with Crippen LogP contribution in [0.5, 0.6) is 0 Å². The molecule has 2 fully saturated rings. The van der Waals surface area contributed by atoms with Gasteiger partial charge in [0.25, 0.3) is 0 Å². The van der Waals surface area contributed by atoms with Gasteiger partial charge in [0.1, 0.15) is 0 Å². The summed E-state index contributed by atoms with van der Waals surface area (Å²) >= 11 is 5.88. The maximum Gasteiger partial charge on any atom is 0.226 e. The molecule has 2 aliphatic rings. The van der Waals surface area contributed by atoms with E-state index in [2.05, 4.69) is 0 Å². The molecule has 3 rings (SSSR count). The maximum absolute atomic E-state index is 12.5. The third-order valence-corrected chi connectivity index (χ3v) is 5.77. The van der Waals surface area contributed by atoms with Crippen LogP contribution in [0.3, 0.4) is 0 Å². The number of nitrogens with zero attached hydrogens (tertiary/aromatic N) is 2. The van der Waals surface area contributed by atoms with E-state index in [1.807, 2.05) is 17.0 Å². The fourth-order valence-electron chi connectivity index (χ4n) is 4.07. The van der Waals surface area contributed by atoms with E-state index in [9.17, 15) is 14.7 Å². The first kappa shape index (κ1) is 18.2. The van der Waals surface area contributed by atoms with E-state index in [1.165, 1.54) is 0 Å². The van der Waals surface area contributed by atoms with Crippen LogP contribution in [-0.2, 0) is 16.0 Å². The summed E-state index contributed by atoms with van der Waals surface area (Å²) < 4.78 is 0. The highest BCUT2D eigenvalue weighted by Gasteiger charge is 2.42. The van der Waals surface area contributed by atoms with E-state index >= 15 is 0 Å². The molecule has 2 aliphatic heterocycles. The quantitative estimate of drug-likeness (QED) is 0.874. The molecular formula is C19H25ClN2O3. The number of hydrogen-bond donors (Lipinski definition) is 1. The van der Waals surface area contributed by atoms with Gasteiger partial charge >= 0.3 is 0 Å². The van der Waals surface area contributed by atoms with Gasteiger partial charge in [-0.3, -0.25) is 9.59 Å². The molecule has 5 nitrogen and oxygen atoms in total. The predicted molar refractivity (Wildman–Crippen MR) is 96.3 cm³/mol. The Hall–Kier alpha value is -1.59. The van der Waals surface area contributed by atoms with E-state index < -0.39 is 6.10 Å². The Bertz CT molecular complexity index is 639. The molecule has 1 N–H and O–H groups in total. The lowest BCUT2D eigenvalue weighted by Crippen LogP contribution is -2.55. The molecule has 0 aromatic heterocycles. The second-order valence-electron chi connectivity index (χ2n) is 7.44. The van der Waals surface area contributed by atoms with Crippen LogP contribution in [0.15, 0.2) is 24.3 Å². The smallest absolute Gasteiger partial charge is 0.226 e. The minimum Gasteiger partial charge on any atom is -0.391 e. The largest absolute Gasteiger partial charge is 0.391 e. The van der Waals surface area contributed by atoms with E-state index in [1.54, 1.807) is 24.0 Å². The summed E-state index contributed by atoms with van der Waals surface area (Å²) in [6.07, 6.45) is 2.30. The molecule has 1 aromatic carbocycles. The van der Waals surface area contributed by atoms with Crippen molar-refractivity contribution in [2.75, 3.05) is 26.2 Å². The summed E-state index contributed by atoms with van der Waals surface area (Å²) in [6, 6.07) is 7.37. The van der Waals surface area contributed by atoms with E-state index in [0.29, 0.717) is 37.6 Å². The Morgan fingerprint density at radius 3 is 2.44 bits per heavy atom. The zero-order valence-electron chi connectivity index (χ0n) is 14.6. The molecule has 0 radical (unpaired) electrons. The van der Waals surface area contributed by atoms with Crippen molar-refractivity contribution in [2.24, 2.45) is 5.41 Å². The number of halogens is 1. The second kappa shape index (κ2) is 7.34. The van der Waals surface area contributed by atoms with Crippen LogP contribution < -0.4 is 0 Å². The number of hydrogen-bond acceptors (Lipinski definition) is 3. The minimum absolute atomic E-state index is 0.0133. The highest BCUT2D eigenvalue weighted by molar-refractivity contribution is 6.30. The van der Waals surface area contributed by atoms with Gasteiger partial charge in [0, 0.05) is 38.1 Å². The van der Waals surface area contributed by atoms with Crippen molar-refractivity contribution in [3.63, 3.8) is 0 Å². The number of likely N-dealkylation sites (tertiary alicyclic amines) is 2. The Labute approximate surface area is 153 Å². The lowest BCUT2D eigenvalue weighted by atomic mass is 9.71. The van der Waals surface area contributed by atoms with Gasteiger partial charge in [-0.1, -0.05) is 23.7 Å². The number of carbonyl (C=O) groups is 2. The summed E-state index contributed by atoms with van der Waals surface area (Å²) in [5.74, 6) is 0.135. The Kier molecular flexibility index (Phi) is 5.35. The number of benzene rings is 1. The topological polar surface area (TPSA) is 60.9 Å². The molecule has 0 saturated carbocycles. The fourth-order valence-corrected chi connectivity index (χ4v) is 4.20. The molecule has 1 atom stereocenters. The van der Waals surface area contributed by atoms with Crippen LogP contribution in [0.4, 0.5) is 0 Å². The molecule has 6 heteroatoms. The number of piperidine rings is 2. The van der Waals surface area contributed by atoms with Crippen molar-refractivity contribution in [1.82, 2.24) is 9.80 Å². The van der Waals surface area contributed by atoms with Gasteiger partial charge in [-0.2, -0.15) is 0 Å². The Balaban J connectivity index is 1.58. The zero-order valence-corrected chi connectivity index (χ0v) is 15.3. The Morgan fingerprint density at radius 2 is 1.84 bits per heavy atom. The molecule has 2 amide bonds. The molecular weight excluding hydrogens is 340 g/mol. The molecule has 1 spiro atoms. The van der Waals surface area contributed by atoms with E-state index in [0.717, 1.165) is 24.8 Å². The lowest BCUT2D eigenvalue weighted by Gasteiger charge is -2.49. The third-order valence-electron chi connectivity index (χ3n) is 5.52. The number of carbonyl (C=O) groups excluding carboxylic acids is 2. The number of β-amino-alcohol motifs (C(OH)–C–C–N with tert-alkyl or cyclic N) is 1. The molecule has 2 heterocycles. The minimum atomic E-state index is -0.464. The van der Waals surface area contributed by atoms with Crippen molar-refractivity contribution < 1.29 is 14.7 Å². The average molecular weight is 365 g/mol. The number of rotatable bonds is 2. The molecule has 1 aromatic rings. The zero-order chi connectivity index (χ0) is 18.0. The summed E-state index contributed by atoms with van der Waals surface area (Å²) in [5.41, 5.74) is 0.908. The summed E-state index contributed by atoms with van der Waals surface area (Å²) in [7, 11) is 0. The third kappa shape index (κ3) is 4.33. The van der Waals surface area contributed by atoms with Crippen LogP contribution >= 0.6 is 11.6 Å². The van der Waals surface area contributed by atoms with Crippen LogP contribution in [-0.4, -0.2) is 59.0 Å². The fraction of sp³-hybridized carbons (Fsp3) is 0.579. The second-order valence-corrected chi connectivity index (χ2v) is 7.88. The van der Waals surface area contributed by atoms with Gasteiger partial charge in [0.15, 0.2) is 0 Å². The average Bonchev–Trinajstić information content (AvgIpc) is 2.57. The molecule has 0 aliphatic carbocycles. The van der Waals surface area contributed by atoms with Gasteiger partial charge in [-0.15, -0.1) is 0 Å². The van der Waals surface area contributed by atoms with E-state index in [-0.39, 0.29) is 17.2 Å². The van der Waals surface area contributed by atoms with Crippen molar-refractivity contribution in [3.8, 4) is 0 Å². The standard InChI is InChI=1S/C19H25ClN2O3/c1-14(23)22-12-17(24)11-19(13-22)6-8-21(9-7-19)18(25)10-15-2-4-16(20)5-3-15/h2-5,17,24H,6-13H2,1H3. The first-order valence-electron chi connectivity index (χ1n) is 8.83. The first-order valence-corrected chi connectivity index (χ1v) is 9.20. The number of aliphatic hydroxyl groups excluding tert-OH is 1.